The lowest BCUT2D eigenvalue weighted by Crippen LogP contribution is -2.62. The van der Waals surface area contributed by atoms with Crippen LogP contribution in [0, 0.1) is 20.8 Å². The summed E-state index contributed by atoms with van der Waals surface area (Å²) in [5, 5.41) is 0. The van der Waals surface area contributed by atoms with Gasteiger partial charge in [-0.25, -0.2) is 0 Å². The molecule has 0 radical (unpaired) electrons. The normalized spacial score (nSPS) is 17.8. The van der Waals surface area contributed by atoms with Crippen LogP contribution < -0.4 is 31.1 Å². The van der Waals surface area contributed by atoms with Crippen molar-refractivity contribution in [3.63, 3.8) is 0 Å². The number of hydrogen-bond donors (Lipinski definition) is 0. The molecule has 2 aliphatic carbocycles. The van der Waals surface area contributed by atoms with Crippen molar-refractivity contribution in [3.05, 3.63) is 178 Å². The summed E-state index contributed by atoms with van der Waals surface area (Å²) < 4.78 is 0. The van der Waals surface area contributed by atoms with Crippen molar-refractivity contribution >= 4 is 74.3 Å². The molecule has 0 saturated carbocycles. The first-order valence-corrected chi connectivity index (χ1v) is 25.3. The summed E-state index contributed by atoms with van der Waals surface area (Å²) in [6.07, 6.45) is 3.47. The maximum Gasteiger partial charge on any atom is 0.252 e. The third-order valence-corrected chi connectivity index (χ3v) is 16.7. The highest BCUT2D eigenvalue weighted by Crippen LogP contribution is 2.55. The molecule has 0 saturated heterocycles. The third-order valence-electron chi connectivity index (χ3n) is 16.7. The Morgan fingerprint density at radius 3 is 1.53 bits per heavy atom. The van der Waals surface area contributed by atoms with E-state index >= 15 is 0 Å². The van der Waals surface area contributed by atoms with Crippen molar-refractivity contribution in [1.29, 1.82) is 0 Å². The number of aryl methyl sites for hydroxylation is 3. The molecule has 3 nitrogen and oxygen atoms in total. The van der Waals surface area contributed by atoms with E-state index in [4.69, 9.17) is 0 Å². The van der Waals surface area contributed by atoms with Crippen LogP contribution in [0.3, 0.4) is 0 Å². The van der Waals surface area contributed by atoms with Gasteiger partial charge in [0.1, 0.15) is 0 Å². The first kappa shape index (κ1) is 44.5. The zero-order valence-corrected chi connectivity index (χ0v) is 43.2. The molecular weight excluding hydrogens is 822 g/mol. The minimum Gasteiger partial charge on any atom is -0.311 e. The van der Waals surface area contributed by atoms with E-state index in [0.29, 0.717) is 0 Å². The smallest absolute Gasteiger partial charge is 0.252 e. The number of benzene rings is 7. The fourth-order valence-corrected chi connectivity index (χ4v) is 13.1. The van der Waals surface area contributed by atoms with Crippen molar-refractivity contribution in [2.75, 3.05) is 14.7 Å². The molecule has 0 fully saturated rings. The lowest BCUT2D eigenvalue weighted by molar-refractivity contribution is 0.332. The Morgan fingerprint density at radius 1 is 0.441 bits per heavy atom. The highest BCUT2D eigenvalue weighted by atomic mass is 15.2. The molecular formula is C64H70BN3. The summed E-state index contributed by atoms with van der Waals surface area (Å²) in [5.41, 5.74) is 26.6. The topological polar surface area (TPSA) is 9.72 Å². The second-order valence-corrected chi connectivity index (χ2v) is 24.7. The number of fused-ring (bicyclic) bond motifs is 6. The van der Waals surface area contributed by atoms with Crippen LogP contribution in [-0.2, 0) is 27.1 Å². The molecule has 0 unspecified atom stereocenters. The minimum atomic E-state index is -0.0196. The average Bonchev–Trinajstić information content (AvgIpc) is 3.46. The summed E-state index contributed by atoms with van der Waals surface area (Å²) in [6.45, 7) is 33.7. The predicted molar refractivity (Wildman–Crippen MR) is 294 cm³/mol. The largest absolute Gasteiger partial charge is 0.311 e. The summed E-state index contributed by atoms with van der Waals surface area (Å²) in [5.74, 6) is 0. The summed E-state index contributed by atoms with van der Waals surface area (Å²) in [6, 6.07) is 51.8. The van der Waals surface area contributed by atoms with Crippen LogP contribution in [0.15, 0.2) is 133 Å². The molecule has 7 aromatic carbocycles. The Kier molecular flexibility index (Phi) is 9.82. The SMILES string of the molecule is Cc1cc2c3c(c1)N(c1cc4c(cc1C)C(C)(C)CC4(C)C)c1cc4c(cc1B3c1cc(N(c3ccccc3)c3ccccc3)ccc1N2c1cc(C(C)(C)C)ccc1C)C(C)(C)CCC4(C)C. The van der Waals surface area contributed by atoms with Gasteiger partial charge in [0.25, 0.3) is 6.71 Å². The molecule has 0 spiro atoms. The van der Waals surface area contributed by atoms with Gasteiger partial charge in [-0.3, -0.25) is 0 Å². The molecule has 4 aliphatic rings. The van der Waals surface area contributed by atoms with Gasteiger partial charge >= 0.3 is 0 Å². The van der Waals surface area contributed by atoms with Gasteiger partial charge in [-0.15, -0.1) is 0 Å². The molecule has 4 heteroatoms. The molecule has 0 N–H and O–H groups in total. The van der Waals surface area contributed by atoms with E-state index in [0.717, 1.165) is 29.9 Å². The van der Waals surface area contributed by atoms with Crippen molar-refractivity contribution in [3.8, 4) is 0 Å². The van der Waals surface area contributed by atoms with Crippen molar-refractivity contribution in [2.45, 2.75) is 143 Å². The second kappa shape index (κ2) is 15.0. The van der Waals surface area contributed by atoms with Gasteiger partial charge in [-0.1, -0.05) is 137 Å². The third kappa shape index (κ3) is 6.82. The Morgan fingerprint density at radius 2 is 0.941 bits per heavy atom. The number of anilines is 9. The first-order chi connectivity index (χ1) is 32.1. The zero-order valence-electron chi connectivity index (χ0n) is 43.2. The van der Waals surface area contributed by atoms with Gasteiger partial charge < -0.3 is 14.7 Å². The van der Waals surface area contributed by atoms with Crippen LogP contribution in [-0.4, -0.2) is 6.71 Å². The maximum absolute atomic E-state index is 2.72. The van der Waals surface area contributed by atoms with Gasteiger partial charge in [-0.2, -0.15) is 0 Å². The summed E-state index contributed by atoms with van der Waals surface area (Å²) in [4.78, 5) is 7.79. The van der Waals surface area contributed by atoms with E-state index in [1.807, 2.05) is 0 Å². The standard InChI is InChI=1S/C64H70BN3/c1-40-31-57-59-58(32-40)68(55-37-50-47(33-42(55)3)63(11,12)39-64(50,13)14)56-38-49-48(61(7,8)29-30-62(49,9)10)36-52(56)65(59)51-35-46(66(44-21-17-15-18-22-44)45-23-19-16-20-24-45)27-28-53(51)67(57)54-34-43(60(4,5)6)26-25-41(54)2/h15-28,31-38H,29-30,39H2,1-14H3. The van der Waals surface area contributed by atoms with Gasteiger partial charge in [0.15, 0.2) is 0 Å². The Hall–Kier alpha value is -6.00. The van der Waals surface area contributed by atoms with Crippen molar-refractivity contribution in [1.82, 2.24) is 0 Å². The van der Waals surface area contributed by atoms with E-state index in [1.165, 1.54) is 101 Å². The highest BCUT2D eigenvalue weighted by Gasteiger charge is 2.48. The Balaban J connectivity index is 1.27. The number of para-hydroxylation sites is 2. The summed E-state index contributed by atoms with van der Waals surface area (Å²) >= 11 is 0. The number of rotatable bonds is 5. The quantitative estimate of drug-likeness (QED) is 0.159. The Bertz CT molecular complexity index is 3140. The lowest BCUT2D eigenvalue weighted by atomic mass is 9.33. The Labute approximate surface area is 408 Å². The molecule has 0 amide bonds. The van der Waals surface area contributed by atoms with Crippen molar-refractivity contribution in [2.24, 2.45) is 0 Å². The number of hydrogen-bond acceptors (Lipinski definition) is 3. The first-order valence-electron chi connectivity index (χ1n) is 25.3. The number of nitrogens with zero attached hydrogens (tertiary/aromatic N) is 3. The molecule has 0 bridgehead atoms. The van der Waals surface area contributed by atoms with E-state index in [9.17, 15) is 0 Å². The fraction of sp³-hybridized carbons (Fsp3) is 0.344. The van der Waals surface area contributed by atoms with Gasteiger partial charge in [0, 0.05) is 51.2 Å². The monoisotopic (exact) mass is 892 g/mol. The fourth-order valence-electron chi connectivity index (χ4n) is 13.1. The van der Waals surface area contributed by atoms with E-state index in [-0.39, 0.29) is 33.8 Å². The van der Waals surface area contributed by atoms with Crippen LogP contribution >= 0.6 is 0 Å². The van der Waals surface area contributed by atoms with Crippen LogP contribution in [0.4, 0.5) is 51.2 Å². The van der Waals surface area contributed by atoms with Gasteiger partial charge in [-0.05, 0) is 201 Å². The van der Waals surface area contributed by atoms with Crippen LogP contribution in [0.1, 0.15) is 140 Å². The minimum absolute atomic E-state index is 0.0196. The average molecular weight is 892 g/mol. The molecule has 2 aliphatic heterocycles. The van der Waals surface area contributed by atoms with E-state index in [2.05, 4.69) is 245 Å². The molecule has 0 atom stereocenters. The molecule has 344 valence electrons. The van der Waals surface area contributed by atoms with Crippen molar-refractivity contribution < 1.29 is 0 Å². The maximum atomic E-state index is 2.72. The molecule has 0 aromatic heterocycles. The molecule has 68 heavy (non-hydrogen) atoms. The highest BCUT2D eigenvalue weighted by molar-refractivity contribution is 7.00. The lowest BCUT2D eigenvalue weighted by Gasteiger charge is -2.48. The predicted octanol–water partition coefficient (Wildman–Crippen LogP) is 15.8. The molecule has 2 heterocycles. The summed E-state index contributed by atoms with van der Waals surface area (Å²) in [7, 11) is 0. The van der Waals surface area contributed by atoms with Crippen LogP contribution in [0.5, 0.6) is 0 Å². The molecule has 11 rings (SSSR count). The van der Waals surface area contributed by atoms with E-state index < -0.39 is 0 Å². The van der Waals surface area contributed by atoms with Crippen LogP contribution in [0.2, 0.25) is 0 Å². The van der Waals surface area contributed by atoms with Crippen LogP contribution in [0.25, 0.3) is 0 Å². The zero-order chi connectivity index (χ0) is 48.0. The van der Waals surface area contributed by atoms with Gasteiger partial charge in [0.2, 0.25) is 0 Å². The van der Waals surface area contributed by atoms with Gasteiger partial charge in [0.05, 0.1) is 0 Å². The molecule has 7 aromatic rings. The second-order valence-electron chi connectivity index (χ2n) is 24.7. The van der Waals surface area contributed by atoms with E-state index in [1.54, 1.807) is 0 Å².